The van der Waals surface area contributed by atoms with Gasteiger partial charge in [0.15, 0.2) is 16.6 Å². The van der Waals surface area contributed by atoms with Crippen LogP contribution in [0.3, 0.4) is 0 Å². The third kappa shape index (κ3) is 5.86. The molecule has 4 N–H and O–H groups in total. The van der Waals surface area contributed by atoms with E-state index < -0.39 is 0 Å². The number of halogens is 1. The van der Waals surface area contributed by atoms with Crippen molar-refractivity contribution in [3.05, 3.63) is 23.8 Å². The minimum absolute atomic E-state index is 0.0217. The van der Waals surface area contributed by atoms with E-state index >= 15 is 0 Å². The van der Waals surface area contributed by atoms with Gasteiger partial charge in [0.1, 0.15) is 0 Å². The van der Waals surface area contributed by atoms with Crippen molar-refractivity contribution in [2.75, 3.05) is 7.11 Å². The number of nitrogens with zero attached hydrogens (tertiary/aromatic N) is 1. The molecule has 0 spiro atoms. The van der Waals surface area contributed by atoms with Crippen LogP contribution in [0.5, 0.6) is 11.5 Å². The third-order valence-corrected chi connectivity index (χ3v) is 1.72. The summed E-state index contributed by atoms with van der Waals surface area (Å²) in [5.41, 5.74) is 8.07. The Kier molecular flexibility index (Phi) is 8.76. The van der Waals surface area contributed by atoms with Crippen LogP contribution < -0.4 is 15.9 Å². The number of hydrogen-bond donors (Lipinski definition) is 3. The maximum atomic E-state index is 9.65. The van der Waals surface area contributed by atoms with Gasteiger partial charge < -0.3 is 15.6 Å². The van der Waals surface area contributed by atoms with Crippen LogP contribution >= 0.6 is 21.6 Å². The molecule has 0 saturated carbocycles. The van der Waals surface area contributed by atoms with Crippen molar-refractivity contribution in [1.29, 1.82) is 0 Å². The van der Waals surface area contributed by atoms with E-state index in [0.717, 1.165) is 0 Å². The quantitative estimate of drug-likeness (QED) is 0.363. The summed E-state index contributed by atoms with van der Waals surface area (Å²) >= 11 is 6.17. The van der Waals surface area contributed by atoms with Crippen LogP contribution in [0.25, 0.3) is 0 Å². The van der Waals surface area contributed by atoms with Gasteiger partial charge in [0.2, 0.25) is 0 Å². The summed E-state index contributed by atoms with van der Waals surface area (Å²) in [6.45, 7) is 0. The van der Waals surface area contributed by atoms with Gasteiger partial charge in [0.05, 0.1) is 13.3 Å². The van der Waals surface area contributed by atoms with Crippen molar-refractivity contribution in [3.8, 4) is 11.5 Å². The van der Waals surface area contributed by atoms with E-state index in [2.05, 4.69) is 32.2 Å². The molecule has 0 aliphatic rings. The summed E-state index contributed by atoms with van der Waals surface area (Å²) in [4.78, 5) is 0. The fourth-order valence-corrected chi connectivity index (χ4v) is 1.03. The fraction of sp³-hybridized carbons (Fsp3) is 0.111. The van der Waals surface area contributed by atoms with E-state index in [1.54, 1.807) is 37.0 Å². The average molecular weight is 456 g/mol. The second-order valence-corrected chi connectivity index (χ2v) is 3.07. The van der Waals surface area contributed by atoms with Gasteiger partial charge in [-0.1, -0.05) is 6.07 Å². The second-order valence-electron chi connectivity index (χ2n) is 2.63. The predicted octanol–water partition coefficient (Wildman–Crippen LogP) is 1.25. The Balaban J connectivity index is 0.00000121. The Labute approximate surface area is 120 Å². The Morgan fingerprint density at radius 3 is 2.82 bits per heavy atom. The molecule has 0 aromatic heterocycles. The van der Waals surface area contributed by atoms with Crippen LogP contribution in [-0.2, 0) is 18.8 Å². The normalized spacial score (nSPS) is 9.41. The summed E-state index contributed by atoms with van der Waals surface area (Å²) in [5, 5.41) is 13.4. The molecular formula is C9H11ClN3O2PtS. The number of para-hydroxylation sites is 1. The molecule has 1 aromatic carbocycles. The monoisotopic (exact) mass is 455 g/mol. The van der Waals surface area contributed by atoms with Crippen LogP contribution in [0.1, 0.15) is 5.56 Å². The number of nitrogens with two attached hydrogens (primary N) is 1. The molecule has 8 heteroatoms. The molecule has 0 saturated heterocycles. The molecule has 0 amide bonds. The van der Waals surface area contributed by atoms with Crippen molar-refractivity contribution in [1.82, 2.24) is 5.43 Å². The van der Waals surface area contributed by atoms with E-state index in [9.17, 15) is 5.11 Å². The van der Waals surface area contributed by atoms with Crippen molar-refractivity contribution >= 4 is 33.0 Å². The van der Waals surface area contributed by atoms with E-state index in [4.69, 9.17) is 10.5 Å². The van der Waals surface area contributed by atoms with Crippen LogP contribution in [0.15, 0.2) is 23.3 Å². The number of nitrogens with one attached hydrogen (secondary N) is 1. The first kappa shape index (κ1) is 16.2. The molecule has 0 heterocycles. The molecule has 0 fully saturated rings. The third-order valence-electron chi connectivity index (χ3n) is 1.63. The summed E-state index contributed by atoms with van der Waals surface area (Å²) < 4.78 is 4.93. The molecular weight excluding hydrogens is 445 g/mol. The zero-order valence-electron chi connectivity index (χ0n) is 8.79. The van der Waals surface area contributed by atoms with Crippen LogP contribution in [0.2, 0.25) is 0 Å². The first-order chi connectivity index (χ1) is 8.15. The number of phenolic OH excluding ortho intramolecular Hbond substituents is 1. The summed E-state index contributed by atoms with van der Waals surface area (Å²) in [6.07, 6.45) is 1.40. The van der Waals surface area contributed by atoms with Gasteiger partial charge in [-0.2, -0.15) is 5.10 Å². The van der Waals surface area contributed by atoms with Gasteiger partial charge in [0.25, 0.3) is 0 Å². The number of ether oxygens (including phenoxy) is 1. The predicted molar refractivity (Wildman–Crippen MR) is 68.0 cm³/mol. The molecule has 0 radical (unpaired) electrons. The van der Waals surface area contributed by atoms with E-state index in [0.29, 0.717) is 11.3 Å². The Morgan fingerprint density at radius 2 is 2.29 bits per heavy atom. The van der Waals surface area contributed by atoms with E-state index in [-0.39, 0.29) is 10.9 Å². The van der Waals surface area contributed by atoms with Crippen LogP contribution in [0, 0.1) is 0 Å². The Bertz CT molecular complexity index is 404. The first-order valence-electron chi connectivity index (χ1n) is 4.21. The molecule has 0 aliphatic carbocycles. The second kappa shape index (κ2) is 9.22. The molecule has 17 heavy (non-hydrogen) atoms. The molecule has 0 aliphatic heterocycles. The molecule has 0 bridgehead atoms. The van der Waals surface area contributed by atoms with Crippen LogP contribution in [0.4, 0.5) is 0 Å². The average Bonchev–Trinajstić information content (AvgIpc) is 2.33. The summed E-state index contributed by atoms with van der Waals surface area (Å²) in [7, 11) is 6.09. The van der Waals surface area contributed by atoms with Gasteiger partial charge in [0, 0.05) is 5.56 Å². The standard InChI is InChI=1S/C9H11N3O2S.ClH.Pt/c1-14-7-4-2-3-6(8(7)13)5-11-12-9(10)15;;/h2-5,13H,1H3,(H3,10,12,15);1H;/q;;+1/p-1/b11-5+;;. The molecule has 1 aromatic rings. The van der Waals surface area contributed by atoms with Crippen molar-refractivity contribution < 1.29 is 28.6 Å². The summed E-state index contributed by atoms with van der Waals surface area (Å²) in [6, 6.07) is 5.07. The van der Waals surface area contributed by atoms with Gasteiger partial charge in [-0.05, 0) is 24.4 Å². The zero-order chi connectivity index (χ0) is 13.3. The Morgan fingerprint density at radius 1 is 1.65 bits per heavy atom. The van der Waals surface area contributed by atoms with E-state index in [1.807, 2.05) is 0 Å². The van der Waals surface area contributed by atoms with Crippen molar-refractivity contribution in [2.45, 2.75) is 0 Å². The van der Waals surface area contributed by atoms with E-state index in [1.165, 1.54) is 13.3 Å². The molecule has 5 nitrogen and oxygen atoms in total. The minimum atomic E-state index is 0.0217. The number of rotatable bonds is 3. The number of methoxy groups -OCH3 is 1. The van der Waals surface area contributed by atoms with Crippen molar-refractivity contribution in [3.63, 3.8) is 0 Å². The van der Waals surface area contributed by atoms with Gasteiger partial charge in [-0.15, -0.1) is 0 Å². The van der Waals surface area contributed by atoms with Crippen molar-refractivity contribution in [2.24, 2.45) is 10.8 Å². The number of benzene rings is 1. The first-order valence-corrected chi connectivity index (χ1v) is 7.44. The van der Waals surface area contributed by atoms with Crippen LogP contribution in [-0.4, -0.2) is 23.5 Å². The maximum absolute atomic E-state index is 9.65. The summed E-state index contributed by atoms with van der Waals surface area (Å²) in [5.74, 6) is 0.405. The number of hydrazone groups is 1. The molecule has 1 rings (SSSR count). The molecule has 0 atom stereocenters. The fourth-order valence-electron chi connectivity index (χ4n) is 0.974. The number of hydrogen-bond acceptors (Lipinski definition) is 4. The number of thiocarbonyl (C=S) groups is 1. The van der Waals surface area contributed by atoms with Gasteiger partial charge >= 0.3 is 28.2 Å². The zero-order valence-corrected chi connectivity index (χ0v) is 12.6. The number of aromatic hydroxyl groups is 1. The Hall–Kier alpha value is -0.842. The SMILES string of the molecule is COc1cccc(/C=N/NC(N)=S)c1O.[Cl][Pt]. The molecule has 97 valence electrons. The number of phenols is 1. The van der Waals surface area contributed by atoms with Gasteiger partial charge in [-0.25, -0.2) is 0 Å². The molecule has 0 unspecified atom stereocenters. The van der Waals surface area contributed by atoms with Gasteiger partial charge in [-0.3, -0.25) is 5.43 Å². The topological polar surface area (TPSA) is 79.9 Å².